The van der Waals surface area contributed by atoms with Crippen molar-refractivity contribution in [2.45, 2.75) is 26.3 Å². The Morgan fingerprint density at radius 2 is 2.05 bits per heavy atom. The number of hydrogen-bond acceptors (Lipinski definition) is 2. The Bertz CT molecular complexity index is 649. The smallest absolute Gasteiger partial charge is 0.246 e. The first-order chi connectivity index (χ1) is 9.95. The summed E-state index contributed by atoms with van der Waals surface area (Å²) in [6.07, 6.45) is 2.44. The number of amides is 1. The van der Waals surface area contributed by atoms with Crippen LogP contribution in [0.4, 0.5) is 4.39 Å². The molecule has 1 aromatic heterocycles. The normalized spacial score (nSPS) is 12.2. The molecule has 1 aromatic carbocycles. The second-order valence-corrected chi connectivity index (χ2v) is 5.28. The van der Waals surface area contributed by atoms with Crippen molar-refractivity contribution in [3.05, 3.63) is 41.8 Å². The molecule has 4 nitrogen and oxygen atoms in total. The number of aromatic nitrogens is 2. The molecule has 0 bridgehead atoms. The van der Waals surface area contributed by atoms with Gasteiger partial charge in [-0.25, -0.2) is 4.39 Å². The summed E-state index contributed by atoms with van der Waals surface area (Å²) in [5.74, 6) is -0.321. The van der Waals surface area contributed by atoms with Crippen LogP contribution in [0.1, 0.15) is 24.9 Å². The van der Waals surface area contributed by atoms with Gasteiger partial charge >= 0.3 is 0 Å². The van der Waals surface area contributed by atoms with Crippen LogP contribution in [0.15, 0.2) is 30.5 Å². The van der Waals surface area contributed by atoms with Gasteiger partial charge in [-0.1, -0.05) is 19.1 Å². The van der Waals surface area contributed by atoms with Gasteiger partial charge in [0.25, 0.3) is 0 Å². The Balaban J connectivity index is 2.44. The first kappa shape index (κ1) is 15.2. The van der Waals surface area contributed by atoms with E-state index in [1.165, 1.54) is 6.07 Å². The van der Waals surface area contributed by atoms with Crippen molar-refractivity contribution in [1.82, 2.24) is 14.7 Å². The molecule has 0 saturated carbocycles. The lowest BCUT2D eigenvalue weighted by Gasteiger charge is -2.19. The predicted molar refractivity (Wildman–Crippen MR) is 80.4 cm³/mol. The molecule has 1 amide bonds. The van der Waals surface area contributed by atoms with Crippen LogP contribution in [0.5, 0.6) is 0 Å². The highest BCUT2D eigenvalue weighted by Crippen LogP contribution is 2.26. The van der Waals surface area contributed by atoms with Crippen LogP contribution in [0.3, 0.4) is 0 Å². The van der Waals surface area contributed by atoms with E-state index >= 15 is 0 Å². The molecule has 0 radical (unpaired) electrons. The van der Waals surface area contributed by atoms with Gasteiger partial charge in [0.2, 0.25) is 5.91 Å². The number of carbonyl (C=O) groups excluding carboxylic acids is 1. The van der Waals surface area contributed by atoms with Gasteiger partial charge in [-0.2, -0.15) is 5.10 Å². The Morgan fingerprint density at radius 3 is 2.62 bits per heavy atom. The average molecular weight is 289 g/mol. The third kappa shape index (κ3) is 2.96. The standard InChI is InChI=1S/C16H20FN3O/c1-5-14(16(21)19(3)4)20-10-11(2)15(18-20)12-8-6-7-9-13(12)17/h6-10,14H,5H2,1-4H3. The van der Waals surface area contributed by atoms with Crippen molar-refractivity contribution in [1.29, 1.82) is 0 Å². The summed E-state index contributed by atoms with van der Waals surface area (Å²) in [6, 6.07) is 6.17. The van der Waals surface area contributed by atoms with Crippen LogP contribution in [0.25, 0.3) is 11.3 Å². The fraction of sp³-hybridized carbons (Fsp3) is 0.375. The van der Waals surface area contributed by atoms with Gasteiger partial charge in [0.15, 0.2) is 0 Å². The monoisotopic (exact) mass is 289 g/mol. The van der Waals surface area contributed by atoms with Crippen molar-refractivity contribution in [3.63, 3.8) is 0 Å². The maximum absolute atomic E-state index is 13.9. The minimum atomic E-state index is -0.362. The fourth-order valence-electron chi connectivity index (χ4n) is 2.33. The number of likely N-dealkylation sites (N-methyl/N-ethyl adjacent to an activating group) is 1. The highest BCUT2D eigenvalue weighted by molar-refractivity contribution is 5.80. The molecule has 0 spiro atoms. The lowest BCUT2D eigenvalue weighted by atomic mass is 10.1. The van der Waals surface area contributed by atoms with E-state index in [-0.39, 0.29) is 17.8 Å². The third-order valence-corrected chi connectivity index (χ3v) is 3.48. The van der Waals surface area contributed by atoms with E-state index in [0.717, 1.165) is 5.56 Å². The number of rotatable bonds is 4. The van der Waals surface area contributed by atoms with Gasteiger partial charge in [0, 0.05) is 25.9 Å². The van der Waals surface area contributed by atoms with E-state index in [1.54, 1.807) is 48.1 Å². The molecule has 0 aliphatic carbocycles. The number of hydrogen-bond donors (Lipinski definition) is 0. The molecule has 2 aromatic rings. The first-order valence-corrected chi connectivity index (χ1v) is 6.97. The predicted octanol–water partition coefficient (Wildman–Crippen LogP) is 3.04. The topological polar surface area (TPSA) is 38.1 Å². The summed E-state index contributed by atoms with van der Waals surface area (Å²) in [5, 5.41) is 4.44. The van der Waals surface area contributed by atoms with Crippen LogP contribution < -0.4 is 0 Å². The average Bonchev–Trinajstić information content (AvgIpc) is 2.81. The largest absolute Gasteiger partial charge is 0.347 e. The summed E-state index contributed by atoms with van der Waals surface area (Å²) in [6.45, 7) is 3.81. The van der Waals surface area contributed by atoms with E-state index in [9.17, 15) is 9.18 Å². The van der Waals surface area contributed by atoms with Gasteiger partial charge in [0.05, 0.1) is 5.69 Å². The summed E-state index contributed by atoms with van der Waals surface area (Å²) >= 11 is 0. The maximum Gasteiger partial charge on any atom is 0.246 e. The molecular weight excluding hydrogens is 269 g/mol. The first-order valence-electron chi connectivity index (χ1n) is 6.97. The molecule has 0 aliphatic rings. The zero-order valence-electron chi connectivity index (χ0n) is 12.8. The second kappa shape index (κ2) is 6.08. The van der Waals surface area contributed by atoms with Crippen molar-refractivity contribution in [2.75, 3.05) is 14.1 Å². The van der Waals surface area contributed by atoms with E-state index in [2.05, 4.69) is 5.10 Å². The van der Waals surface area contributed by atoms with E-state index in [1.807, 2.05) is 13.8 Å². The quantitative estimate of drug-likeness (QED) is 0.867. The van der Waals surface area contributed by atoms with Crippen LogP contribution in [-0.2, 0) is 4.79 Å². The minimum absolute atomic E-state index is 0.0138. The van der Waals surface area contributed by atoms with Gasteiger partial charge in [-0.05, 0) is 31.0 Å². The van der Waals surface area contributed by atoms with Crippen LogP contribution >= 0.6 is 0 Å². The molecule has 0 aliphatic heterocycles. The molecular formula is C16H20FN3O. The van der Waals surface area contributed by atoms with Crippen molar-refractivity contribution in [2.24, 2.45) is 0 Å². The van der Waals surface area contributed by atoms with E-state index in [0.29, 0.717) is 17.7 Å². The summed E-state index contributed by atoms with van der Waals surface area (Å²) in [7, 11) is 3.44. The van der Waals surface area contributed by atoms with Gasteiger partial charge in [-0.15, -0.1) is 0 Å². The van der Waals surface area contributed by atoms with Crippen LogP contribution in [0.2, 0.25) is 0 Å². The van der Waals surface area contributed by atoms with Crippen molar-refractivity contribution >= 4 is 5.91 Å². The number of halogens is 1. The van der Waals surface area contributed by atoms with Crippen molar-refractivity contribution in [3.8, 4) is 11.3 Å². The van der Waals surface area contributed by atoms with Crippen LogP contribution in [0, 0.1) is 12.7 Å². The van der Waals surface area contributed by atoms with Gasteiger partial charge in [0.1, 0.15) is 11.9 Å². The molecule has 0 saturated heterocycles. The third-order valence-electron chi connectivity index (χ3n) is 3.48. The second-order valence-electron chi connectivity index (χ2n) is 5.28. The van der Waals surface area contributed by atoms with E-state index < -0.39 is 0 Å². The molecule has 112 valence electrons. The molecule has 1 unspecified atom stereocenters. The Hall–Kier alpha value is -2.17. The van der Waals surface area contributed by atoms with Gasteiger partial charge < -0.3 is 4.90 Å². The number of nitrogens with zero attached hydrogens (tertiary/aromatic N) is 3. The lowest BCUT2D eigenvalue weighted by molar-refractivity contribution is -0.132. The molecule has 1 heterocycles. The highest BCUT2D eigenvalue weighted by atomic mass is 19.1. The number of benzene rings is 1. The summed E-state index contributed by atoms with van der Waals surface area (Å²) in [4.78, 5) is 13.7. The molecule has 5 heteroatoms. The summed E-state index contributed by atoms with van der Waals surface area (Å²) in [5.41, 5.74) is 1.89. The molecule has 21 heavy (non-hydrogen) atoms. The zero-order chi connectivity index (χ0) is 15.6. The number of aryl methyl sites for hydroxylation is 1. The summed E-state index contributed by atoms with van der Waals surface area (Å²) < 4.78 is 15.5. The maximum atomic E-state index is 13.9. The lowest BCUT2D eigenvalue weighted by Crippen LogP contribution is -2.31. The molecule has 1 atom stereocenters. The van der Waals surface area contributed by atoms with E-state index in [4.69, 9.17) is 0 Å². The fourth-order valence-corrected chi connectivity index (χ4v) is 2.33. The minimum Gasteiger partial charge on any atom is -0.347 e. The SMILES string of the molecule is CCC(C(=O)N(C)C)n1cc(C)c(-c2ccccc2F)n1. The Kier molecular flexibility index (Phi) is 4.40. The molecule has 0 N–H and O–H groups in total. The Morgan fingerprint density at radius 1 is 1.38 bits per heavy atom. The van der Waals surface area contributed by atoms with Gasteiger partial charge in [-0.3, -0.25) is 9.48 Å². The highest BCUT2D eigenvalue weighted by Gasteiger charge is 2.23. The van der Waals surface area contributed by atoms with Crippen molar-refractivity contribution < 1.29 is 9.18 Å². The number of carbonyl (C=O) groups is 1. The van der Waals surface area contributed by atoms with Crippen LogP contribution in [-0.4, -0.2) is 34.7 Å². The zero-order valence-corrected chi connectivity index (χ0v) is 12.8. The Labute approximate surface area is 124 Å². The molecule has 0 fully saturated rings. The molecule has 2 rings (SSSR count).